The van der Waals surface area contributed by atoms with Gasteiger partial charge in [0.15, 0.2) is 5.13 Å². The van der Waals surface area contributed by atoms with Crippen LogP contribution in [0.25, 0.3) is 10.2 Å². The van der Waals surface area contributed by atoms with Gasteiger partial charge in [-0.25, -0.2) is 4.98 Å². The van der Waals surface area contributed by atoms with Gasteiger partial charge in [0.25, 0.3) is 0 Å². The van der Waals surface area contributed by atoms with Crippen molar-refractivity contribution in [3.05, 3.63) is 59.2 Å². The van der Waals surface area contributed by atoms with Crippen molar-refractivity contribution in [2.75, 3.05) is 24.5 Å². The fraction of sp³-hybridized carbons (Fsp3) is 0.417. The highest BCUT2D eigenvalue weighted by molar-refractivity contribution is 7.22. The summed E-state index contributed by atoms with van der Waals surface area (Å²) >= 11 is 1.77. The molecule has 1 amide bonds. The summed E-state index contributed by atoms with van der Waals surface area (Å²) in [4.78, 5) is 19.9. The quantitative estimate of drug-likeness (QED) is 0.644. The molecule has 0 aliphatic carbocycles. The second kappa shape index (κ2) is 8.54. The van der Waals surface area contributed by atoms with Gasteiger partial charge >= 0.3 is 0 Å². The zero-order valence-corrected chi connectivity index (χ0v) is 18.3. The first-order chi connectivity index (χ1) is 14.0. The summed E-state index contributed by atoms with van der Waals surface area (Å²) < 4.78 is 1.26. The van der Waals surface area contributed by atoms with E-state index >= 15 is 0 Å². The van der Waals surface area contributed by atoms with Crippen molar-refractivity contribution in [2.45, 2.75) is 39.5 Å². The van der Waals surface area contributed by atoms with Crippen molar-refractivity contribution < 1.29 is 4.79 Å². The molecule has 1 aliphatic heterocycles. The van der Waals surface area contributed by atoms with Gasteiger partial charge in [0.1, 0.15) is 0 Å². The molecule has 0 spiro atoms. The molecule has 29 heavy (non-hydrogen) atoms. The van der Waals surface area contributed by atoms with Crippen LogP contribution >= 0.6 is 11.3 Å². The second-order valence-electron chi connectivity index (χ2n) is 8.24. The summed E-state index contributed by atoms with van der Waals surface area (Å²) in [6, 6.07) is 14.8. The number of carbonyl (C=O) groups is 1. The number of hydrogen-bond donors (Lipinski definition) is 1. The molecule has 3 aromatic rings. The summed E-state index contributed by atoms with van der Waals surface area (Å²) in [5.74, 6) is 0.630. The van der Waals surface area contributed by atoms with Gasteiger partial charge in [-0.3, -0.25) is 4.79 Å². The number of aromatic nitrogens is 1. The monoisotopic (exact) mass is 407 g/mol. The van der Waals surface area contributed by atoms with Gasteiger partial charge in [-0.1, -0.05) is 54.7 Å². The zero-order chi connectivity index (χ0) is 20.4. The molecule has 1 N–H and O–H groups in total. The Labute approximate surface area is 177 Å². The lowest BCUT2D eigenvalue weighted by atomic mass is 9.95. The molecular weight excluding hydrogens is 378 g/mol. The van der Waals surface area contributed by atoms with Crippen LogP contribution in [-0.4, -0.2) is 30.5 Å². The molecule has 1 fully saturated rings. The lowest BCUT2D eigenvalue weighted by Gasteiger charge is -2.31. The number of hydrogen-bond acceptors (Lipinski definition) is 4. The third kappa shape index (κ3) is 4.45. The number of thiazole rings is 1. The number of anilines is 1. The average molecular weight is 408 g/mol. The second-order valence-corrected chi connectivity index (χ2v) is 9.25. The van der Waals surface area contributed by atoms with Gasteiger partial charge < -0.3 is 10.2 Å². The van der Waals surface area contributed by atoms with Gasteiger partial charge in [-0.2, -0.15) is 0 Å². The number of fused-ring (bicyclic) bond motifs is 1. The molecule has 1 saturated heterocycles. The van der Waals surface area contributed by atoms with E-state index in [2.05, 4.69) is 55.3 Å². The Bertz CT molecular complexity index is 990. The molecule has 4 nitrogen and oxygen atoms in total. The Morgan fingerprint density at radius 1 is 1.21 bits per heavy atom. The number of nitrogens with one attached hydrogen (secondary N) is 1. The molecule has 152 valence electrons. The number of amides is 1. The summed E-state index contributed by atoms with van der Waals surface area (Å²) in [7, 11) is 0. The highest BCUT2D eigenvalue weighted by atomic mass is 32.1. The van der Waals surface area contributed by atoms with Crippen molar-refractivity contribution in [1.29, 1.82) is 0 Å². The van der Waals surface area contributed by atoms with Crippen LogP contribution in [0.2, 0.25) is 0 Å². The molecule has 2 heterocycles. The molecule has 1 atom stereocenters. The Morgan fingerprint density at radius 3 is 2.66 bits per heavy atom. The smallest absolute Gasteiger partial charge is 0.223 e. The van der Waals surface area contributed by atoms with Crippen LogP contribution in [-0.2, 0) is 4.79 Å². The predicted octanol–water partition coefficient (Wildman–Crippen LogP) is 5.05. The van der Waals surface area contributed by atoms with E-state index in [9.17, 15) is 4.79 Å². The lowest BCUT2D eigenvalue weighted by Crippen LogP contribution is -2.41. The largest absolute Gasteiger partial charge is 0.355 e. The SMILES string of the molecule is Cc1cc(C)c2nc(N3CCC(C(=O)NC[C@H](C)c4ccccc4)CC3)sc2c1. The van der Waals surface area contributed by atoms with Gasteiger partial charge in [0.2, 0.25) is 5.91 Å². The minimum absolute atomic E-state index is 0.104. The van der Waals surface area contributed by atoms with Crippen LogP contribution in [0.1, 0.15) is 42.4 Å². The minimum atomic E-state index is 0.104. The summed E-state index contributed by atoms with van der Waals surface area (Å²) in [6.07, 6.45) is 1.78. The van der Waals surface area contributed by atoms with E-state index in [1.54, 1.807) is 11.3 Å². The molecular formula is C24H29N3OS. The maximum absolute atomic E-state index is 12.7. The molecule has 5 heteroatoms. The van der Waals surface area contributed by atoms with Crippen molar-refractivity contribution in [3.8, 4) is 0 Å². The molecule has 0 saturated carbocycles. The standard InChI is InChI=1S/C24H29N3OS/c1-16-13-17(2)22-21(14-16)29-24(26-22)27-11-9-20(10-12-27)23(28)25-15-18(3)19-7-5-4-6-8-19/h4-8,13-14,18,20H,9-12,15H2,1-3H3,(H,25,28)/t18-/m0/s1. The first kappa shape index (κ1) is 19.9. The number of benzene rings is 2. The number of rotatable bonds is 5. The van der Waals surface area contributed by atoms with Crippen molar-refractivity contribution in [3.63, 3.8) is 0 Å². The maximum atomic E-state index is 12.7. The highest BCUT2D eigenvalue weighted by Gasteiger charge is 2.26. The normalized spacial score (nSPS) is 16.2. The van der Waals surface area contributed by atoms with E-state index in [4.69, 9.17) is 4.98 Å². The predicted molar refractivity (Wildman–Crippen MR) is 122 cm³/mol. The topological polar surface area (TPSA) is 45.2 Å². The van der Waals surface area contributed by atoms with Gasteiger partial charge in [0, 0.05) is 25.6 Å². The Morgan fingerprint density at radius 2 is 1.93 bits per heavy atom. The van der Waals surface area contributed by atoms with Gasteiger partial charge in [-0.15, -0.1) is 0 Å². The Hall–Kier alpha value is -2.40. The fourth-order valence-electron chi connectivity index (χ4n) is 4.12. The third-order valence-electron chi connectivity index (χ3n) is 5.91. The molecule has 0 bridgehead atoms. The molecule has 1 aromatic heterocycles. The van der Waals surface area contributed by atoms with Crippen LogP contribution in [0.5, 0.6) is 0 Å². The Balaban J connectivity index is 1.32. The summed E-state index contributed by atoms with van der Waals surface area (Å²) in [6.45, 7) is 8.91. The Kier molecular flexibility index (Phi) is 5.86. The van der Waals surface area contributed by atoms with Crippen molar-refractivity contribution in [1.82, 2.24) is 10.3 Å². The number of piperidine rings is 1. The molecule has 0 unspecified atom stereocenters. The van der Waals surface area contributed by atoms with E-state index in [1.807, 2.05) is 18.2 Å². The van der Waals surface area contributed by atoms with E-state index in [1.165, 1.54) is 21.4 Å². The summed E-state index contributed by atoms with van der Waals surface area (Å²) in [5.41, 5.74) is 4.91. The molecule has 4 rings (SSSR count). The first-order valence-corrected chi connectivity index (χ1v) is 11.3. The van der Waals surface area contributed by atoms with E-state index in [0.29, 0.717) is 12.5 Å². The minimum Gasteiger partial charge on any atom is -0.355 e. The molecule has 1 aliphatic rings. The van der Waals surface area contributed by atoms with Crippen LogP contribution < -0.4 is 10.2 Å². The van der Waals surface area contributed by atoms with Crippen LogP contribution in [0, 0.1) is 19.8 Å². The van der Waals surface area contributed by atoms with Crippen LogP contribution in [0.4, 0.5) is 5.13 Å². The van der Waals surface area contributed by atoms with Crippen LogP contribution in [0.3, 0.4) is 0 Å². The molecule has 2 aromatic carbocycles. The van der Waals surface area contributed by atoms with Gasteiger partial charge in [-0.05, 0) is 55.4 Å². The van der Waals surface area contributed by atoms with Crippen LogP contribution in [0.15, 0.2) is 42.5 Å². The number of carbonyl (C=O) groups excluding carboxylic acids is 1. The maximum Gasteiger partial charge on any atom is 0.223 e. The number of nitrogens with zero attached hydrogens (tertiary/aromatic N) is 2. The van der Waals surface area contributed by atoms with Crippen molar-refractivity contribution >= 4 is 32.6 Å². The number of aryl methyl sites for hydroxylation is 2. The average Bonchev–Trinajstić information content (AvgIpc) is 3.17. The fourth-order valence-corrected chi connectivity index (χ4v) is 5.32. The lowest BCUT2D eigenvalue weighted by molar-refractivity contribution is -0.125. The van der Waals surface area contributed by atoms with E-state index < -0.39 is 0 Å². The third-order valence-corrected chi connectivity index (χ3v) is 6.97. The van der Waals surface area contributed by atoms with E-state index in [-0.39, 0.29) is 11.8 Å². The van der Waals surface area contributed by atoms with E-state index in [0.717, 1.165) is 36.6 Å². The molecule has 0 radical (unpaired) electrons. The van der Waals surface area contributed by atoms with Crippen molar-refractivity contribution in [2.24, 2.45) is 5.92 Å². The summed E-state index contributed by atoms with van der Waals surface area (Å²) in [5, 5.41) is 4.26. The zero-order valence-electron chi connectivity index (χ0n) is 17.4. The first-order valence-electron chi connectivity index (χ1n) is 10.5. The van der Waals surface area contributed by atoms with Gasteiger partial charge in [0.05, 0.1) is 10.2 Å². The highest BCUT2D eigenvalue weighted by Crippen LogP contribution is 2.33.